The minimum absolute atomic E-state index is 0.0254. The van der Waals surface area contributed by atoms with Gasteiger partial charge in [-0.1, -0.05) is 42.5 Å². The summed E-state index contributed by atoms with van der Waals surface area (Å²) in [7, 11) is 1.65. The van der Waals surface area contributed by atoms with Gasteiger partial charge >= 0.3 is 0 Å². The lowest BCUT2D eigenvalue weighted by Crippen LogP contribution is -2.13. The fourth-order valence-corrected chi connectivity index (χ4v) is 4.36. The van der Waals surface area contributed by atoms with Crippen LogP contribution in [0.15, 0.2) is 72.8 Å². The Bertz CT molecular complexity index is 1110. The number of carbonyl (C=O) groups excluding carboxylic acids is 1. The Morgan fingerprint density at radius 1 is 1.00 bits per heavy atom. The number of aryl methyl sites for hydroxylation is 2. The molecule has 1 heterocycles. The van der Waals surface area contributed by atoms with Crippen molar-refractivity contribution >= 4 is 33.0 Å². The van der Waals surface area contributed by atoms with Crippen molar-refractivity contribution in [2.24, 2.45) is 0 Å². The van der Waals surface area contributed by atoms with E-state index in [1.807, 2.05) is 31.2 Å². The molecule has 0 atom stereocenters. The maximum atomic E-state index is 12.5. The lowest BCUT2D eigenvalue weighted by molar-refractivity contribution is -0.116. The first-order valence-corrected chi connectivity index (χ1v) is 10.5. The molecule has 0 saturated heterocycles. The van der Waals surface area contributed by atoms with Crippen LogP contribution < -0.4 is 10.1 Å². The number of methoxy groups -OCH3 is 1. The molecular weight excluding hydrogens is 378 g/mol. The number of rotatable bonds is 6. The van der Waals surface area contributed by atoms with E-state index in [0.29, 0.717) is 12.8 Å². The highest BCUT2D eigenvalue weighted by Crippen LogP contribution is 2.35. The van der Waals surface area contributed by atoms with E-state index in [-0.39, 0.29) is 5.91 Å². The van der Waals surface area contributed by atoms with Crippen molar-refractivity contribution in [3.63, 3.8) is 0 Å². The van der Waals surface area contributed by atoms with Gasteiger partial charge in [-0.05, 0) is 65.8 Å². The van der Waals surface area contributed by atoms with Crippen molar-refractivity contribution < 1.29 is 9.53 Å². The Labute approximate surface area is 175 Å². The quantitative estimate of drug-likeness (QED) is 0.403. The summed E-state index contributed by atoms with van der Waals surface area (Å²) >= 11 is 1.77. The highest BCUT2D eigenvalue weighted by atomic mass is 32.1. The minimum Gasteiger partial charge on any atom is -0.497 e. The molecule has 1 amide bonds. The zero-order chi connectivity index (χ0) is 20.2. The van der Waals surface area contributed by atoms with E-state index in [2.05, 4.69) is 53.8 Å². The Kier molecular flexibility index (Phi) is 5.63. The van der Waals surface area contributed by atoms with Crippen LogP contribution in [0.4, 0.5) is 5.69 Å². The Hall–Kier alpha value is -3.11. The Balaban J connectivity index is 1.46. The van der Waals surface area contributed by atoms with Crippen molar-refractivity contribution in [3.05, 3.63) is 83.9 Å². The molecule has 0 saturated carbocycles. The van der Waals surface area contributed by atoms with Gasteiger partial charge in [0.05, 0.1) is 7.11 Å². The second-order valence-electron chi connectivity index (χ2n) is 7.07. The van der Waals surface area contributed by atoms with Crippen molar-refractivity contribution in [3.8, 4) is 16.2 Å². The summed E-state index contributed by atoms with van der Waals surface area (Å²) < 4.78 is 6.45. The van der Waals surface area contributed by atoms with Crippen LogP contribution in [0.3, 0.4) is 0 Å². The second-order valence-corrected chi connectivity index (χ2v) is 8.16. The predicted octanol–water partition coefficient (Wildman–Crippen LogP) is 6.46. The molecule has 146 valence electrons. The lowest BCUT2D eigenvalue weighted by atomic mass is 10.1. The zero-order valence-electron chi connectivity index (χ0n) is 16.6. The molecule has 0 aliphatic rings. The van der Waals surface area contributed by atoms with Crippen molar-refractivity contribution in [2.75, 3.05) is 12.4 Å². The van der Waals surface area contributed by atoms with E-state index in [9.17, 15) is 4.79 Å². The van der Waals surface area contributed by atoms with Crippen LogP contribution in [-0.2, 0) is 11.2 Å². The largest absolute Gasteiger partial charge is 0.497 e. The van der Waals surface area contributed by atoms with Crippen LogP contribution in [0.5, 0.6) is 5.75 Å². The highest BCUT2D eigenvalue weighted by Gasteiger charge is 2.09. The molecule has 3 nitrogen and oxygen atoms in total. The number of ether oxygens (including phenoxy) is 1. The molecule has 0 unspecified atom stereocenters. The standard InChI is InChI=1S/C25H23NO2S/c1-17-7-11-20(24-16-19-5-3-4-6-23(19)29-24)15-22(17)26-25(27)14-10-18-8-12-21(28-2)13-9-18/h3-9,11-13,15-16H,10,14H2,1-2H3,(H,26,27). The summed E-state index contributed by atoms with van der Waals surface area (Å²) in [5.41, 5.74) is 4.19. The smallest absolute Gasteiger partial charge is 0.224 e. The normalized spacial score (nSPS) is 10.8. The molecule has 3 aromatic carbocycles. The maximum absolute atomic E-state index is 12.5. The van der Waals surface area contributed by atoms with Gasteiger partial charge in [-0.3, -0.25) is 4.79 Å². The van der Waals surface area contributed by atoms with E-state index >= 15 is 0 Å². The number of amides is 1. The zero-order valence-corrected chi connectivity index (χ0v) is 17.4. The molecule has 1 aromatic heterocycles. The van der Waals surface area contributed by atoms with Gasteiger partial charge in [0.25, 0.3) is 0 Å². The maximum Gasteiger partial charge on any atom is 0.224 e. The van der Waals surface area contributed by atoms with Crippen LogP contribution >= 0.6 is 11.3 Å². The Morgan fingerprint density at radius 2 is 1.79 bits per heavy atom. The molecule has 0 radical (unpaired) electrons. The topological polar surface area (TPSA) is 38.3 Å². The molecular formula is C25H23NO2S. The number of nitrogens with one attached hydrogen (secondary N) is 1. The fraction of sp³-hybridized carbons (Fsp3) is 0.160. The molecule has 0 fully saturated rings. The van der Waals surface area contributed by atoms with Gasteiger partial charge in [-0.2, -0.15) is 0 Å². The molecule has 29 heavy (non-hydrogen) atoms. The molecule has 4 heteroatoms. The number of anilines is 1. The summed E-state index contributed by atoms with van der Waals surface area (Å²) in [4.78, 5) is 13.7. The first-order chi connectivity index (χ1) is 14.1. The van der Waals surface area contributed by atoms with Crippen LogP contribution in [0.25, 0.3) is 20.5 Å². The van der Waals surface area contributed by atoms with Gasteiger partial charge in [-0.15, -0.1) is 11.3 Å². The minimum atomic E-state index is 0.0254. The first kappa shape index (κ1) is 19.2. The molecule has 4 rings (SSSR count). The van der Waals surface area contributed by atoms with Crippen molar-refractivity contribution in [1.82, 2.24) is 0 Å². The van der Waals surface area contributed by atoms with E-state index in [4.69, 9.17) is 4.74 Å². The summed E-state index contributed by atoms with van der Waals surface area (Å²) in [6.45, 7) is 2.02. The van der Waals surface area contributed by atoms with Gasteiger partial charge < -0.3 is 10.1 Å². The average Bonchev–Trinajstić information content (AvgIpc) is 3.18. The monoisotopic (exact) mass is 401 g/mol. The molecule has 1 N–H and O–H groups in total. The summed E-state index contributed by atoms with van der Waals surface area (Å²) in [6.07, 6.45) is 1.14. The van der Waals surface area contributed by atoms with Crippen molar-refractivity contribution in [1.29, 1.82) is 0 Å². The third-order valence-electron chi connectivity index (χ3n) is 5.02. The second kappa shape index (κ2) is 8.50. The van der Waals surface area contributed by atoms with Gasteiger partial charge in [0.1, 0.15) is 5.75 Å². The number of carbonyl (C=O) groups is 1. The van der Waals surface area contributed by atoms with E-state index in [1.165, 1.54) is 15.0 Å². The molecule has 0 aliphatic heterocycles. The van der Waals surface area contributed by atoms with E-state index in [0.717, 1.165) is 28.1 Å². The number of hydrogen-bond acceptors (Lipinski definition) is 3. The number of benzene rings is 3. The molecule has 0 bridgehead atoms. The first-order valence-electron chi connectivity index (χ1n) is 9.65. The number of hydrogen-bond donors (Lipinski definition) is 1. The number of fused-ring (bicyclic) bond motifs is 1. The third-order valence-corrected chi connectivity index (χ3v) is 6.19. The molecule has 4 aromatic rings. The van der Waals surface area contributed by atoms with Crippen LogP contribution in [0.1, 0.15) is 17.5 Å². The molecule has 0 spiro atoms. The van der Waals surface area contributed by atoms with Gasteiger partial charge in [-0.25, -0.2) is 0 Å². The van der Waals surface area contributed by atoms with Gasteiger partial charge in [0, 0.05) is 21.7 Å². The predicted molar refractivity (Wildman–Crippen MR) is 122 cm³/mol. The van der Waals surface area contributed by atoms with Crippen LogP contribution in [0, 0.1) is 6.92 Å². The van der Waals surface area contributed by atoms with Gasteiger partial charge in [0.15, 0.2) is 0 Å². The number of thiophene rings is 1. The SMILES string of the molecule is COc1ccc(CCC(=O)Nc2cc(-c3cc4ccccc4s3)ccc2C)cc1. The van der Waals surface area contributed by atoms with Crippen LogP contribution in [0.2, 0.25) is 0 Å². The van der Waals surface area contributed by atoms with Crippen molar-refractivity contribution in [2.45, 2.75) is 19.8 Å². The summed E-state index contributed by atoms with van der Waals surface area (Å²) in [5, 5.41) is 4.34. The lowest BCUT2D eigenvalue weighted by Gasteiger charge is -2.10. The molecule has 0 aliphatic carbocycles. The summed E-state index contributed by atoms with van der Waals surface area (Å²) in [6, 6.07) is 24.7. The third kappa shape index (κ3) is 4.49. The van der Waals surface area contributed by atoms with Gasteiger partial charge in [0.2, 0.25) is 5.91 Å². The Morgan fingerprint density at radius 3 is 2.55 bits per heavy atom. The van der Waals surface area contributed by atoms with Crippen LogP contribution in [-0.4, -0.2) is 13.0 Å². The van der Waals surface area contributed by atoms with E-state index in [1.54, 1.807) is 18.4 Å². The highest BCUT2D eigenvalue weighted by molar-refractivity contribution is 7.22. The summed E-state index contributed by atoms with van der Waals surface area (Å²) in [5.74, 6) is 0.851. The average molecular weight is 402 g/mol. The van der Waals surface area contributed by atoms with E-state index < -0.39 is 0 Å². The fourth-order valence-electron chi connectivity index (χ4n) is 3.30.